The maximum atomic E-state index is 4.77. The first-order chi connectivity index (χ1) is 13.9. The van der Waals surface area contributed by atoms with Crippen molar-refractivity contribution in [2.45, 2.75) is 51.4 Å². The molecular weight excluding hydrogens is 344 g/mol. The van der Waals surface area contributed by atoms with E-state index >= 15 is 0 Å². The van der Waals surface area contributed by atoms with Crippen molar-refractivity contribution in [3.8, 4) is 0 Å². The van der Waals surface area contributed by atoms with Gasteiger partial charge in [-0.3, -0.25) is 0 Å². The topological polar surface area (TPSA) is 41.1 Å². The monoisotopic (exact) mass is 376 g/mol. The van der Waals surface area contributed by atoms with E-state index in [0.717, 1.165) is 43.7 Å². The molecule has 0 saturated carbocycles. The Labute approximate surface area is 169 Å². The van der Waals surface area contributed by atoms with Crippen molar-refractivity contribution in [2.75, 3.05) is 29.9 Å². The number of aromatic nitrogens is 2. The number of piperidine rings is 1. The Morgan fingerprint density at radius 2 is 1.89 bits per heavy atom. The van der Waals surface area contributed by atoms with E-state index < -0.39 is 0 Å². The molecule has 2 aromatic rings. The van der Waals surface area contributed by atoms with Crippen LogP contribution in [0.3, 0.4) is 0 Å². The second kappa shape index (κ2) is 9.72. The Kier molecular flexibility index (Phi) is 6.59. The molecule has 2 heterocycles. The van der Waals surface area contributed by atoms with Gasteiger partial charge >= 0.3 is 0 Å². The summed E-state index contributed by atoms with van der Waals surface area (Å²) in [4.78, 5) is 11.6. The molecule has 0 unspecified atom stereocenters. The summed E-state index contributed by atoms with van der Waals surface area (Å²) in [6.07, 6.45) is 14.3. The van der Waals surface area contributed by atoms with Crippen LogP contribution in [-0.4, -0.2) is 29.6 Å². The highest BCUT2D eigenvalue weighted by atomic mass is 15.2. The van der Waals surface area contributed by atoms with Crippen LogP contribution >= 0.6 is 0 Å². The molecule has 4 heteroatoms. The molecule has 1 aliphatic heterocycles. The molecule has 1 aromatic heterocycles. The van der Waals surface area contributed by atoms with Gasteiger partial charge in [0, 0.05) is 25.8 Å². The third kappa shape index (κ3) is 5.34. The van der Waals surface area contributed by atoms with Crippen molar-refractivity contribution >= 4 is 11.8 Å². The Bertz CT molecular complexity index is 763. The standard InChI is InChI=1S/C24H32N4/c1-3-7-20(8-4-1)11-15-25-24-26-16-12-23(27-24)28-17-13-22(14-18-28)19-21-9-5-2-6-10-21/h2,5-7,9-10,12,16,22H,1,3-4,8,11,13-15,17-19H2,(H,25,26,27). The van der Waals surface area contributed by atoms with Crippen LogP contribution in [0.5, 0.6) is 0 Å². The molecule has 1 N–H and O–H groups in total. The minimum absolute atomic E-state index is 0.764. The number of benzene rings is 1. The molecule has 0 amide bonds. The van der Waals surface area contributed by atoms with Gasteiger partial charge in [0.05, 0.1) is 0 Å². The Morgan fingerprint density at radius 1 is 1.04 bits per heavy atom. The van der Waals surface area contributed by atoms with Gasteiger partial charge in [0.25, 0.3) is 0 Å². The highest BCUT2D eigenvalue weighted by Crippen LogP contribution is 2.25. The number of anilines is 2. The lowest BCUT2D eigenvalue weighted by Gasteiger charge is -2.33. The maximum Gasteiger partial charge on any atom is 0.224 e. The van der Waals surface area contributed by atoms with Crippen LogP contribution in [0.4, 0.5) is 11.8 Å². The predicted molar refractivity (Wildman–Crippen MR) is 117 cm³/mol. The van der Waals surface area contributed by atoms with Crippen LogP contribution in [-0.2, 0) is 6.42 Å². The van der Waals surface area contributed by atoms with E-state index in [0.29, 0.717) is 0 Å². The van der Waals surface area contributed by atoms with Gasteiger partial charge in [-0.2, -0.15) is 4.98 Å². The first-order valence-electron chi connectivity index (χ1n) is 10.9. The van der Waals surface area contributed by atoms with Crippen LogP contribution in [0.15, 0.2) is 54.2 Å². The van der Waals surface area contributed by atoms with Crippen LogP contribution < -0.4 is 10.2 Å². The quantitative estimate of drug-likeness (QED) is 0.671. The third-order valence-electron chi connectivity index (χ3n) is 6.06. The molecule has 28 heavy (non-hydrogen) atoms. The van der Waals surface area contributed by atoms with Crippen molar-refractivity contribution < 1.29 is 0 Å². The predicted octanol–water partition coefficient (Wildman–Crippen LogP) is 5.24. The third-order valence-corrected chi connectivity index (χ3v) is 6.06. The van der Waals surface area contributed by atoms with Gasteiger partial charge in [-0.1, -0.05) is 42.0 Å². The molecule has 4 rings (SSSR count). The Hall–Kier alpha value is -2.36. The lowest BCUT2D eigenvalue weighted by Crippen LogP contribution is -2.35. The summed E-state index contributed by atoms with van der Waals surface area (Å²) in [6, 6.07) is 12.9. The molecule has 0 bridgehead atoms. The van der Waals surface area contributed by atoms with Gasteiger partial charge in [-0.25, -0.2) is 4.98 Å². The van der Waals surface area contributed by atoms with E-state index in [1.54, 1.807) is 5.57 Å². The second-order valence-corrected chi connectivity index (χ2v) is 8.14. The zero-order chi connectivity index (χ0) is 19.0. The summed E-state index contributed by atoms with van der Waals surface area (Å²) in [5.74, 6) is 2.61. The number of hydrogen-bond acceptors (Lipinski definition) is 4. The van der Waals surface area contributed by atoms with Crippen molar-refractivity contribution in [3.63, 3.8) is 0 Å². The van der Waals surface area contributed by atoms with Crippen molar-refractivity contribution in [2.24, 2.45) is 5.92 Å². The number of allylic oxidation sites excluding steroid dienone is 1. The summed E-state index contributed by atoms with van der Waals surface area (Å²) >= 11 is 0. The Morgan fingerprint density at radius 3 is 2.68 bits per heavy atom. The summed E-state index contributed by atoms with van der Waals surface area (Å²) in [5, 5.41) is 3.42. The second-order valence-electron chi connectivity index (χ2n) is 8.14. The summed E-state index contributed by atoms with van der Waals surface area (Å²) in [6.45, 7) is 3.09. The Balaban J connectivity index is 1.25. The zero-order valence-electron chi connectivity index (χ0n) is 16.8. The van der Waals surface area contributed by atoms with E-state index in [2.05, 4.69) is 51.6 Å². The fourth-order valence-electron chi connectivity index (χ4n) is 4.39. The average molecular weight is 377 g/mol. The molecule has 0 spiro atoms. The van der Waals surface area contributed by atoms with Gasteiger partial charge in [-0.05, 0) is 68.9 Å². The minimum atomic E-state index is 0.764. The normalized spacial score (nSPS) is 18.0. The van der Waals surface area contributed by atoms with E-state index in [9.17, 15) is 0 Å². The van der Waals surface area contributed by atoms with Gasteiger partial charge in [0.2, 0.25) is 5.95 Å². The number of rotatable bonds is 7. The molecule has 2 aliphatic rings. The van der Waals surface area contributed by atoms with E-state index in [1.807, 2.05) is 12.3 Å². The smallest absolute Gasteiger partial charge is 0.224 e. The summed E-state index contributed by atoms with van der Waals surface area (Å²) < 4.78 is 0. The first-order valence-corrected chi connectivity index (χ1v) is 10.9. The van der Waals surface area contributed by atoms with Crippen molar-refractivity contribution in [1.82, 2.24) is 9.97 Å². The maximum absolute atomic E-state index is 4.77. The molecule has 148 valence electrons. The molecule has 0 radical (unpaired) electrons. The van der Waals surface area contributed by atoms with Gasteiger partial charge in [0.15, 0.2) is 0 Å². The lowest BCUT2D eigenvalue weighted by atomic mass is 9.90. The van der Waals surface area contributed by atoms with Crippen molar-refractivity contribution in [3.05, 3.63) is 59.8 Å². The molecule has 4 nitrogen and oxygen atoms in total. The average Bonchev–Trinajstić information content (AvgIpc) is 2.76. The minimum Gasteiger partial charge on any atom is -0.356 e. The van der Waals surface area contributed by atoms with Crippen LogP contribution in [0.2, 0.25) is 0 Å². The fourth-order valence-corrected chi connectivity index (χ4v) is 4.39. The molecule has 1 fully saturated rings. The van der Waals surface area contributed by atoms with Gasteiger partial charge < -0.3 is 10.2 Å². The highest BCUT2D eigenvalue weighted by molar-refractivity contribution is 5.43. The summed E-state index contributed by atoms with van der Waals surface area (Å²) in [5.41, 5.74) is 3.05. The van der Waals surface area contributed by atoms with Gasteiger partial charge in [-0.15, -0.1) is 0 Å². The largest absolute Gasteiger partial charge is 0.356 e. The van der Waals surface area contributed by atoms with Crippen LogP contribution in [0, 0.1) is 5.92 Å². The van der Waals surface area contributed by atoms with Gasteiger partial charge in [0.1, 0.15) is 5.82 Å². The van der Waals surface area contributed by atoms with Crippen molar-refractivity contribution in [1.29, 1.82) is 0 Å². The van der Waals surface area contributed by atoms with Crippen LogP contribution in [0.1, 0.15) is 50.5 Å². The number of nitrogens with one attached hydrogen (secondary N) is 1. The fraction of sp³-hybridized carbons (Fsp3) is 0.500. The van der Waals surface area contributed by atoms with E-state index in [-0.39, 0.29) is 0 Å². The van der Waals surface area contributed by atoms with E-state index in [1.165, 1.54) is 50.5 Å². The SMILES string of the molecule is C1=C(CCNc2nccc(N3CCC(Cc4ccccc4)CC3)n2)CCCC1. The summed E-state index contributed by atoms with van der Waals surface area (Å²) in [7, 11) is 0. The molecule has 1 aliphatic carbocycles. The highest BCUT2D eigenvalue weighted by Gasteiger charge is 2.20. The molecular formula is C24H32N4. The number of hydrogen-bond donors (Lipinski definition) is 1. The van der Waals surface area contributed by atoms with Crippen LogP contribution in [0.25, 0.3) is 0 Å². The first kappa shape index (κ1) is 19.0. The molecule has 1 saturated heterocycles. The zero-order valence-corrected chi connectivity index (χ0v) is 16.8. The molecule has 1 aromatic carbocycles. The molecule has 0 atom stereocenters. The lowest BCUT2D eigenvalue weighted by molar-refractivity contribution is 0.402. The number of nitrogens with zero attached hydrogens (tertiary/aromatic N) is 3. The van der Waals surface area contributed by atoms with E-state index in [4.69, 9.17) is 4.98 Å².